The summed E-state index contributed by atoms with van der Waals surface area (Å²) in [6, 6.07) is 3.09. The maximum atomic E-state index is 6.31. The number of anilines is 2. The normalized spacial score (nSPS) is 12.2. The van der Waals surface area contributed by atoms with Crippen LogP contribution in [-0.4, -0.2) is 31.4 Å². The number of aromatic nitrogens is 2. The fraction of sp³-hybridized carbons (Fsp3) is 0.750. The largest absolute Gasteiger partial charge is 0.417 e. The van der Waals surface area contributed by atoms with Gasteiger partial charge in [-0.05, 0) is 37.4 Å². The maximum absolute atomic E-state index is 6.31. The van der Waals surface area contributed by atoms with Crippen molar-refractivity contribution in [2.45, 2.75) is 65.1 Å². The molecule has 0 aromatic carbocycles. The molecule has 1 aromatic rings. The van der Waals surface area contributed by atoms with Gasteiger partial charge in [-0.25, -0.2) is 4.98 Å². The number of rotatable bonds is 9. The van der Waals surface area contributed by atoms with Crippen molar-refractivity contribution < 1.29 is 4.43 Å². The molecule has 0 amide bonds. The molecule has 0 bridgehead atoms. The highest BCUT2D eigenvalue weighted by molar-refractivity contribution is 6.76. The highest BCUT2D eigenvalue weighted by atomic mass is 28.4. The zero-order chi connectivity index (χ0) is 16.8. The summed E-state index contributed by atoms with van der Waals surface area (Å²) in [5.74, 6) is 1.13. The Bertz CT molecular complexity index is 437. The second-order valence-corrected chi connectivity index (χ2v) is 11.5. The summed E-state index contributed by atoms with van der Waals surface area (Å²) in [6.07, 6.45) is 1.09. The van der Waals surface area contributed by atoms with Crippen LogP contribution in [0.15, 0.2) is 6.07 Å². The number of nitrogen functional groups attached to an aromatic ring is 1. The molecule has 5 nitrogen and oxygen atoms in total. The van der Waals surface area contributed by atoms with E-state index in [0.717, 1.165) is 31.1 Å². The van der Waals surface area contributed by atoms with E-state index in [1.807, 2.05) is 13.0 Å². The van der Waals surface area contributed by atoms with Crippen LogP contribution in [0, 0.1) is 6.92 Å². The van der Waals surface area contributed by atoms with Gasteiger partial charge in [0, 0.05) is 24.9 Å². The Hall–Kier alpha value is -1.14. The lowest BCUT2D eigenvalue weighted by Crippen LogP contribution is -2.45. The van der Waals surface area contributed by atoms with Crippen molar-refractivity contribution in [2.75, 3.05) is 24.2 Å². The molecule has 0 aliphatic heterocycles. The van der Waals surface area contributed by atoms with E-state index in [0.29, 0.717) is 17.0 Å². The molecule has 1 rings (SSSR count). The monoisotopic (exact) mass is 324 g/mol. The number of nitrogens with two attached hydrogens (primary N) is 1. The first-order valence-corrected chi connectivity index (χ1v) is 10.6. The van der Waals surface area contributed by atoms with Gasteiger partial charge in [0.25, 0.3) is 0 Å². The predicted molar refractivity (Wildman–Crippen MR) is 96.7 cm³/mol. The fourth-order valence-electron chi connectivity index (χ4n) is 3.18. The van der Waals surface area contributed by atoms with Crippen molar-refractivity contribution in [2.24, 2.45) is 0 Å². The molecule has 3 N–H and O–H groups in total. The van der Waals surface area contributed by atoms with Crippen LogP contribution in [0.25, 0.3) is 0 Å². The van der Waals surface area contributed by atoms with Crippen LogP contribution in [0.1, 0.15) is 46.7 Å². The molecule has 22 heavy (non-hydrogen) atoms. The topological polar surface area (TPSA) is 73.1 Å². The summed E-state index contributed by atoms with van der Waals surface area (Å²) in [4.78, 5) is 8.30. The average molecular weight is 325 g/mol. The molecule has 0 saturated carbocycles. The van der Waals surface area contributed by atoms with E-state index in [1.165, 1.54) is 6.04 Å². The first-order chi connectivity index (χ1) is 10.3. The van der Waals surface area contributed by atoms with Crippen molar-refractivity contribution in [1.82, 2.24) is 9.97 Å². The summed E-state index contributed by atoms with van der Waals surface area (Å²) in [5, 5.41) is 3.35. The van der Waals surface area contributed by atoms with Gasteiger partial charge in [-0.3, -0.25) is 0 Å². The Kier molecular flexibility index (Phi) is 7.29. The zero-order valence-corrected chi connectivity index (χ0v) is 15.9. The summed E-state index contributed by atoms with van der Waals surface area (Å²) in [5.41, 5.74) is 7.82. The van der Waals surface area contributed by atoms with Gasteiger partial charge in [0.15, 0.2) is 8.32 Å². The molecule has 0 aliphatic carbocycles. The van der Waals surface area contributed by atoms with Crippen molar-refractivity contribution >= 4 is 20.1 Å². The van der Waals surface area contributed by atoms with Gasteiger partial charge in [0.05, 0.1) is 0 Å². The lowest BCUT2D eigenvalue weighted by Gasteiger charge is -2.38. The van der Waals surface area contributed by atoms with E-state index in [-0.39, 0.29) is 0 Å². The van der Waals surface area contributed by atoms with E-state index in [2.05, 4.69) is 49.9 Å². The van der Waals surface area contributed by atoms with E-state index in [4.69, 9.17) is 10.2 Å². The third-order valence-corrected chi connectivity index (χ3v) is 10.2. The van der Waals surface area contributed by atoms with Gasteiger partial charge in [0.2, 0.25) is 5.95 Å². The second kappa shape index (κ2) is 8.48. The Balaban J connectivity index is 2.59. The smallest absolute Gasteiger partial charge is 0.222 e. The van der Waals surface area contributed by atoms with Crippen LogP contribution in [-0.2, 0) is 4.43 Å². The average Bonchev–Trinajstić information content (AvgIpc) is 2.40. The molecular formula is C16H32N4OSi. The summed E-state index contributed by atoms with van der Waals surface area (Å²) in [7, 11) is -1.71. The zero-order valence-electron chi connectivity index (χ0n) is 14.9. The van der Waals surface area contributed by atoms with Gasteiger partial charge in [-0.1, -0.05) is 27.7 Å². The number of nitrogens with one attached hydrogen (secondary N) is 1. The molecule has 1 aromatic heterocycles. The van der Waals surface area contributed by atoms with Crippen LogP contribution >= 0.6 is 0 Å². The Morgan fingerprint density at radius 2 is 1.86 bits per heavy atom. The highest BCUT2D eigenvalue weighted by Gasteiger charge is 2.40. The van der Waals surface area contributed by atoms with Gasteiger partial charge in [-0.2, -0.15) is 4.98 Å². The van der Waals surface area contributed by atoms with Crippen molar-refractivity contribution in [3.05, 3.63) is 11.8 Å². The molecule has 0 fully saturated rings. The SMILES string of the molecule is CCO[Si](CCCNc1cc(C)nc(N)n1)(C(C)C)C(C)C. The van der Waals surface area contributed by atoms with Crippen molar-refractivity contribution in [3.63, 3.8) is 0 Å². The van der Waals surface area contributed by atoms with E-state index in [1.54, 1.807) is 0 Å². The first kappa shape index (κ1) is 18.9. The lowest BCUT2D eigenvalue weighted by molar-refractivity contribution is 0.303. The summed E-state index contributed by atoms with van der Waals surface area (Å²) < 4.78 is 6.31. The molecule has 0 atom stereocenters. The predicted octanol–water partition coefficient (Wildman–Crippen LogP) is 3.97. The fourth-order valence-corrected chi connectivity index (χ4v) is 7.75. The lowest BCUT2D eigenvalue weighted by atomic mass is 10.4. The van der Waals surface area contributed by atoms with Crippen LogP contribution < -0.4 is 11.1 Å². The van der Waals surface area contributed by atoms with Crippen LogP contribution in [0.5, 0.6) is 0 Å². The number of hydrogen-bond donors (Lipinski definition) is 2. The van der Waals surface area contributed by atoms with Crippen LogP contribution in [0.4, 0.5) is 11.8 Å². The third-order valence-electron chi connectivity index (χ3n) is 4.29. The minimum absolute atomic E-state index is 0.324. The quantitative estimate of drug-likeness (QED) is 0.531. The molecule has 0 aliphatic rings. The first-order valence-electron chi connectivity index (χ1n) is 8.30. The van der Waals surface area contributed by atoms with Gasteiger partial charge >= 0.3 is 0 Å². The van der Waals surface area contributed by atoms with Gasteiger partial charge in [-0.15, -0.1) is 0 Å². The third kappa shape index (κ3) is 4.95. The van der Waals surface area contributed by atoms with E-state index < -0.39 is 8.32 Å². The second-order valence-electron chi connectivity index (χ2n) is 6.48. The van der Waals surface area contributed by atoms with Gasteiger partial charge in [0.1, 0.15) is 5.82 Å². The van der Waals surface area contributed by atoms with E-state index in [9.17, 15) is 0 Å². The Labute approximate surface area is 136 Å². The number of aryl methyl sites for hydroxylation is 1. The van der Waals surface area contributed by atoms with Crippen LogP contribution in [0.2, 0.25) is 17.1 Å². The standard InChI is InChI=1S/C16H32N4OSi/c1-7-21-22(12(2)3,13(4)5)10-8-9-18-15-11-14(6)19-16(17)20-15/h11-13H,7-10H2,1-6H3,(H3,17,18,19,20). The van der Waals surface area contributed by atoms with Crippen molar-refractivity contribution in [1.29, 1.82) is 0 Å². The molecular weight excluding hydrogens is 292 g/mol. The molecule has 0 radical (unpaired) electrons. The Morgan fingerprint density at radius 3 is 2.36 bits per heavy atom. The minimum Gasteiger partial charge on any atom is -0.417 e. The van der Waals surface area contributed by atoms with Gasteiger partial charge < -0.3 is 15.5 Å². The molecule has 1 heterocycles. The molecule has 0 spiro atoms. The molecule has 126 valence electrons. The minimum atomic E-state index is -1.71. The Morgan fingerprint density at radius 1 is 1.23 bits per heavy atom. The molecule has 0 saturated heterocycles. The molecule has 6 heteroatoms. The summed E-state index contributed by atoms with van der Waals surface area (Å²) >= 11 is 0. The highest BCUT2D eigenvalue weighted by Crippen LogP contribution is 2.37. The molecule has 0 unspecified atom stereocenters. The van der Waals surface area contributed by atoms with E-state index >= 15 is 0 Å². The summed E-state index contributed by atoms with van der Waals surface area (Å²) in [6.45, 7) is 15.0. The number of hydrogen-bond acceptors (Lipinski definition) is 5. The number of nitrogens with zero attached hydrogens (tertiary/aromatic N) is 2. The maximum Gasteiger partial charge on any atom is 0.222 e. The van der Waals surface area contributed by atoms with Crippen molar-refractivity contribution in [3.8, 4) is 0 Å². The van der Waals surface area contributed by atoms with Crippen LogP contribution in [0.3, 0.4) is 0 Å².